The summed E-state index contributed by atoms with van der Waals surface area (Å²) in [5.74, 6) is 7.28. The molecule has 2 saturated heterocycles. The van der Waals surface area contributed by atoms with Gasteiger partial charge in [-0.2, -0.15) is 0 Å². The second-order valence-electron chi connectivity index (χ2n) is 9.25. The molecule has 0 aliphatic carbocycles. The topological polar surface area (TPSA) is 79.8 Å². The Morgan fingerprint density at radius 2 is 1.62 bits per heavy atom. The Balaban J connectivity index is 1.20. The molecular weight excluding hydrogens is 430 g/mol. The Morgan fingerprint density at radius 3 is 2.29 bits per heavy atom. The fraction of sp³-hybridized carbons (Fsp3) is 0.370. The number of carbonyl (C=O) groups excluding carboxylic acids is 2. The zero-order valence-electron chi connectivity index (χ0n) is 19.5. The van der Waals surface area contributed by atoms with Gasteiger partial charge >= 0.3 is 0 Å². The maximum absolute atomic E-state index is 13.1. The molecular formula is C27H27N3O4. The third-order valence-electron chi connectivity index (χ3n) is 7.00. The van der Waals surface area contributed by atoms with Crippen LogP contribution in [0.2, 0.25) is 0 Å². The van der Waals surface area contributed by atoms with E-state index in [1.807, 2.05) is 40.1 Å². The van der Waals surface area contributed by atoms with E-state index in [2.05, 4.69) is 17.0 Å². The molecule has 0 radical (unpaired) electrons. The predicted octanol–water partition coefficient (Wildman–Crippen LogP) is 4.05. The van der Waals surface area contributed by atoms with Gasteiger partial charge in [-0.15, -0.1) is 0 Å². The predicted molar refractivity (Wildman–Crippen MR) is 125 cm³/mol. The smallest absolute Gasteiger partial charge is 0.289 e. The van der Waals surface area contributed by atoms with Crippen molar-refractivity contribution in [3.05, 3.63) is 76.6 Å². The average Bonchev–Trinajstić information content (AvgIpc) is 3.58. The van der Waals surface area contributed by atoms with E-state index < -0.39 is 0 Å². The molecule has 2 aliphatic rings. The van der Waals surface area contributed by atoms with E-state index in [4.69, 9.17) is 8.94 Å². The van der Waals surface area contributed by atoms with Crippen molar-refractivity contribution in [1.29, 1.82) is 0 Å². The molecule has 2 fully saturated rings. The summed E-state index contributed by atoms with van der Waals surface area (Å²) in [5, 5.41) is 3.91. The maximum Gasteiger partial charge on any atom is 0.289 e. The molecule has 7 nitrogen and oxygen atoms in total. The first-order valence-corrected chi connectivity index (χ1v) is 11.6. The van der Waals surface area contributed by atoms with Gasteiger partial charge in [0.25, 0.3) is 11.8 Å². The van der Waals surface area contributed by atoms with E-state index in [0.717, 1.165) is 24.8 Å². The number of rotatable bonds is 2. The molecule has 174 valence electrons. The molecule has 34 heavy (non-hydrogen) atoms. The Bertz CT molecular complexity index is 1250. The average molecular weight is 458 g/mol. The molecule has 0 unspecified atom stereocenters. The number of hydrogen-bond donors (Lipinski definition) is 0. The van der Waals surface area contributed by atoms with Gasteiger partial charge in [0.1, 0.15) is 11.3 Å². The van der Waals surface area contributed by atoms with Gasteiger partial charge in [0.15, 0.2) is 11.5 Å². The molecule has 0 saturated carbocycles. The van der Waals surface area contributed by atoms with E-state index in [1.54, 1.807) is 26.0 Å². The van der Waals surface area contributed by atoms with Crippen LogP contribution >= 0.6 is 0 Å². The minimum absolute atomic E-state index is 0.0169. The first-order chi connectivity index (χ1) is 16.4. The lowest BCUT2D eigenvalue weighted by molar-refractivity contribution is 0.0558. The summed E-state index contributed by atoms with van der Waals surface area (Å²) in [5.41, 5.74) is 2.15. The van der Waals surface area contributed by atoms with Crippen LogP contribution in [-0.2, 0) is 0 Å². The van der Waals surface area contributed by atoms with Crippen molar-refractivity contribution < 1.29 is 18.5 Å². The molecule has 3 aromatic rings. The second kappa shape index (κ2) is 8.86. The number of benzene rings is 1. The summed E-state index contributed by atoms with van der Waals surface area (Å²) >= 11 is 0. The van der Waals surface area contributed by atoms with Crippen LogP contribution in [-0.4, -0.2) is 52.9 Å². The van der Waals surface area contributed by atoms with E-state index in [1.165, 1.54) is 0 Å². The van der Waals surface area contributed by atoms with E-state index in [-0.39, 0.29) is 17.2 Å². The Kier molecular flexibility index (Phi) is 5.74. The van der Waals surface area contributed by atoms with Crippen molar-refractivity contribution in [2.45, 2.75) is 33.1 Å². The van der Waals surface area contributed by atoms with Crippen LogP contribution in [0.5, 0.6) is 0 Å². The second-order valence-corrected chi connectivity index (χ2v) is 9.25. The largest absolute Gasteiger partial charge is 0.443 e. The summed E-state index contributed by atoms with van der Waals surface area (Å²) in [6, 6.07) is 13.1. The number of nitrogens with zero attached hydrogens (tertiary/aromatic N) is 3. The van der Waals surface area contributed by atoms with Crippen LogP contribution in [0, 0.1) is 31.1 Å². The molecule has 0 N–H and O–H groups in total. The van der Waals surface area contributed by atoms with E-state index >= 15 is 0 Å². The molecule has 7 heteroatoms. The normalized spacial score (nSPS) is 17.0. The minimum atomic E-state index is -0.0983. The number of furan rings is 1. The first kappa shape index (κ1) is 22.0. The summed E-state index contributed by atoms with van der Waals surface area (Å²) < 4.78 is 10.9. The third-order valence-corrected chi connectivity index (χ3v) is 7.00. The van der Waals surface area contributed by atoms with Gasteiger partial charge in [-0.25, -0.2) is 0 Å². The molecule has 2 aliphatic heterocycles. The maximum atomic E-state index is 13.1. The molecule has 4 heterocycles. The molecule has 2 aromatic heterocycles. The van der Waals surface area contributed by atoms with Crippen LogP contribution in [0.4, 0.5) is 0 Å². The van der Waals surface area contributed by atoms with Gasteiger partial charge in [0.05, 0.1) is 5.69 Å². The number of likely N-dealkylation sites (tertiary alicyclic amines) is 2. The van der Waals surface area contributed by atoms with Gasteiger partial charge in [-0.3, -0.25) is 9.59 Å². The van der Waals surface area contributed by atoms with Crippen molar-refractivity contribution in [1.82, 2.24) is 15.0 Å². The van der Waals surface area contributed by atoms with E-state index in [0.29, 0.717) is 54.7 Å². The number of carbonyl (C=O) groups is 2. The van der Waals surface area contributed by atoms with Gasteiger partial charge in [0, 0.05) is 31.7 Å². The van der Waals surface area contributed by atoms with Crippen LogP contribution < -0.4 is 0 Å². The lowest BCUT2D eigenvalue weighted by Gasteiger charge is -2.39. The van der Waals surface area contributed by atoms with Gasteiger partial charge in [-0.1, -0.05) is 29.3 Å². The van der Waals surface area contributed by atoms with Crippen LogP contribution in [0.15, 0.2) is 51.4 Å². The van der Waals surface area contributed by atoms with E-state index in [9.17, 15) is 9.59 Å². The van der Waals surface area contributed by atoms with Crippen LogP contribution in [0.1, 0.15) is 63.0 Å². The molecule has 1 spiro atoms. The molecule has 0 atom stereocenters. The summed E-state index contributed by atoms with van der Waals surface area (Å²) in [6.07, 6.45) is 2.68. The highest BCUT2D eigenvalue weighted by atomic mass is 16.5. The SMILES string of the molecule is Cc1noc(C)c1C(=O)N1CCC2(CCN(C(=O)c3ccc(C#Cc4ccccc4)o3)C2)CC1. The monoisotopic (exact) mass is 457 g/mol. The van der Waals surface area contributed by atoms with Crippen LogP contribution in [0.3, 0.4) is 0 Å². The van der Waals surface area contributed by atoms with Crippen molar-refractivity contribution in [3.8, 4) is 11.8 Å². The Labute approximate surface area is 198 Å². The number of amides is 2. The fourth-order valence-corrected chi connectivity index (χ4v) is 4.98. The summed E-state index contributed by atoms with van der Waals surface area (Å²) in [4.78, 5) is 29.8. The summed E-state index contributed by atoms with van der Waals surface area (Å²) in [6.45, 7) is 6.29. The van der Waals surface area contributed by atoms with Gasteiger partial charge in [0.2, 0.25) is 0 Å². The fourth-order valence-electron chi connectivity index (χ4n) is 4.98. The van der Waals surface area contributed by atoms with Crippen molar-refractivity contribution >= 4 is 11.8 Å². The summed E-state index contributed by atoms with van der Waals surface area (Å²) in [7, 11) is 0. The molecule has 2 amide bonds. The Morgan fingerprint density at radius 1 is 0.912 bits per heavy atom. The highest BCUT2D eigenvalue weighted by Crippen LogP contribution is 2.41. The third kappa shape index (κ3) is 4.24. The number of piperidine rings is 1. The first-order valence-electron chi connectivity index (χ1n) is 11.6. The quantitative estimate of drug-likeness (QED) is 0.543. The Hall–Kier alpha value is -3.79. The lowest BCUT2D eigenvalue weighted by Crippen LogP contribution is -2.44. The minimum Gasteiger partial charge on any atom is -0.443 e. The standard InChI is InChI=1S/C27H27N3O4/c1-19-24(20(2)34-28-19)26(32)29-15-12-27(13-16-29)14-17-30(18-27)25(31)23-11-10-22(33-23)9-8-21-6-4-3-5-7-21/h3-7,10-11H,12-18H2,1-2H3. The lowest BCUT2D eigenvalue weighted by atomic mass is 9.77. The zero-order valence-corrected chi connectivity index (χ0v) is 19.5. The van der Waals surface area contributed by atoms with Gasteiger partial charge < -0.3 is 18.7 Å². The van der Waals surface area contributed by atoms with Crippen molar-refractivity contribution in [2.75, 3.05) is 26.2 Å². The number of hydrogen-bond acceptors (Lipinski definition) is 5. The molecule has 0 bridgehead atoms. The van der Waals surface area contributed by atoms with Crippen molar-refractivity contribution in [2.24, 2.45) is 5.41 Å². The number of aryl methyl sites for hydroxylation is 2. The molecule has 1 aromatic carbocycles. The molecule has 5 rings (SSSR count). The van der Waals surface area contributed by atoms with Gasteiger partial charge in [-0.05, 0) is 68.7 Å². The zero-order chi connectivity index (χ0) is 23.7. The highest BCUT2D eigenvalue weighted by Gasteiger charge is 2.43. The van der Waals surface area contributed by atoms with Crippen molar-refractivity contribution in [3.63, 3.8) is 0 Å². The number of aromatic nitrogens is 1. The van der Waals surface area contributed by atoms with Crippen LogP contribution in [0.25, 0.3) is 0 Å². The highest BCUT2D eigenvalue weighted by molar-refractivity contribution is 5.96.